The van der Waals surface area contributed by atoms with Crippen molar-refractivity contribution in [2.75, 3.05) is 28.4 Å². The molecule has 0 atom stereocenters. The quantitative estimate of drug-likeness (QED) is 0.464. The predicted octanol–water partition coefficient (Wildman–Crippen LogP) is 3.91. The molecule has 0 spiro atoms. The fraction of sp³-hybridized carbons (Fsp3) is 0.294. The second-order valence-corrected chi connectivity index (χ2v) is 6.51. The van der Waals surface area contributed by atoms with E-state index >= 15 is 0 Å². The van der Waals surface area contributed by atoms with E-state index in [1.807, 2.05) is 22.6 Å². The van der Waals surface area contributed by atoms with Crippen LogP contribution in [0.3, 0.4) is 0 Å². The van der Waals surface area contributed by atoms with E-state index in [-0.39, 0.29) is 28.0 Å². The minimum atomic E-state index is -0.372. The number of methoxy groups -OCH3 is 4. The van der Waals surface area contributed by atoms with Crippen LogP contribution >= 0.6 is 34.2 Å². The average molecular weight is 478 g/mol. The monoisotopic (exact) mass is 477 g/mol. The zero-order valence-corrected chi connectivity index (χ0v) is 17.3. The zero-order chi connectivity index (χ0) is 18.7. The molecule has 0 bridgehead atoms. The molecule has 1 heterocycles. The number of benzene rings is 1. The third-order valence-corrected chi connectivity index (χ3v) is 5.14. The molecule has 2 rings (SSSR count). The number of hydrogen-bond donors (Lipinski definition) is 0. The van der Waals surface area contributed by atoms with Crippen LogP contribution in [-0.4, -0.2) is 39.2 Å². The van der Waals surface area contributed by atoms with Crippen molar-refractivity contribution in [2.24, 2.45) is 0 Å². The van der Waals surface area contributed by atoms with Crippen molar-refractivity contribution in [3.63, 3.8) is 0 Å². The van der Waals surface area contributed by atoms with Crippen molar-refractivity contribution in [1.29, 1.82) is 0 Å². The molecule has 1 aromatic carbocycles. The standard InChI is InChI=1S/C17H17ClINO5/c1-8-6-10(22-2)15(23-3)16(24-4)11(8)14(21)12-13(18)9(19)7-20-17(12)25-5/h6-7H,1-5H3. The predicted molar refractivity (Wildman–Crippen MR) is 103 cm³/mol. The van der Waals surface area contributed by atoms with Crippen molar-refractivity contribution in [2.45, 2.75) is 6.92 Å². The molecule has 0 saturated heterocycles. The molecule has 8 heteroatoms. The Morgan fingerprint density at radius 3 is 2.20 bits per heavy atom. The molecule has 0 saturated carbocycles. The van der Waals surface area contributed by atoms with Crippen LogP contribution in [0.5, 0.6) is 23.1 Å². The highest BCUT2D eigenvalue weighted by Gasteiger charge is 2.29. The lowest BCUT2D eigenvalue weighted by molar-refractivity contribution is 0.103. The number of ketones is 1. The molecule has 0 aliphatic heterocycles. The first-order valence-electron chi connectivity index (χ1n) is 7.13. The van der Waals surface area contributed by atoms with Crippen molar-refractivity contribution >= 4 is 40.0 Å². The second-order valence-electron chi connectivity index (χ2n) is 4.97. The van der Waals surface area contributed by atoms with Crippen LogP contribution < -0.4 is 18.9 Å². The van der Waals surface area contributed by atoms with Crippen molar-refractivity contribution in [1.82, 2.24) is 4.98 Å². The molecule has 0 unspecified atom stereocenters. The van der Waals surface area contributed by atoms with Gasteiger partial charge >= 0.3 is 0 Å². The number of nitrogens with zero attached hydrogens (tertiary/aromatic N) is 1. The lowest BCUT2D eigenvalue weighted by atomic mass is 9.97. The van der Waals surface area contributed by atoms with Crippen LogP contribution in [0.15, 0.2) is 12.3 Å². The van der Waals surface area contributed by atoms with Gasteiger partial charge in [-0.2, -0.15) is 0 Å². The minimum absolute atomic E-state index is 0.145. The Kier molecular flexibility index (Phi) is 6.34. The van der Waals surface area contributed by atoms with Gasteiger partial charge in [0, 0.05) is 6.20 Å². The van der Waals surface area contributed by atoms with E-state index in [4.69, 9.17) is 30.5 Å². The topological polar surface area (TPSA) is 66.9 Å². The maximum absolute atomic E-state index is 13.3. The van der Waals surface area contributed by atoms with Gasteiger partial charge in [0.05, 0.1) is 42.6 Å². The smallest absolute Gasteiger partial charge is 0.226 e. The highest BCUT2D eigenvalue weighted by atomic mass is 127. The van der Waals surface area contributed by atoms with Crippen LogP contribution in [0.25, 0.3) is 0 Å². The fourth-order valence-electron chi connectivity index (χ4n) is 2.49. The molecule has 25 heavy (non-hydrogen) atoms. The van der Waals surface area contributed by atoms with E-state index < -0.39 is 0 Å². The van der Waals surface area contributed by atoms with Crippen LogP contribution in [0.4, 0.5) is 0 Å². The van der Waals surface area contributed by atoms with Gasteiger partial charge in [-0.25, -0.2) is 4.98 Å². The van der Waals surface area contributed by atoms with Crippen molar-refractivity contribution in [3.05, 3.63) is 37.5 Å². The van der Waals surface area contributed by atoms with E-state index in [0.717, 1.165) is 0 Å². The molecule has 2 aromatic rings. The molecule has 0 fully saturated rings. The molecule has 1 aromatic heterocycles. The SMILES string of the molecule is COc1cc(C)c(C(=O)c2c(OC)ncc(I)c2Cl)c(OC)c1OC. The Morgan fingerprint density at radius 2 is 1.68 bits per heavy atom. The number of pyridine rings is 1. The highest BCUT2D eigenvalue weighted by Crippen LogP contribution is 2.44. The first-order chi connectivity index (χ1) is 11.9. The van der Waals surface area contributed by atoms with Gasteiger partial charge in [0.2, 0.25) is 17.4 Å². The number of hydrogen-bond acceptors (Lipinski definition) is 6. The van der Waals surface area contributed by atoms with Gasteiger partial charge in [-0.3, -0.25) is 4.79 Å². The number of carbonyl (C=O) groups excluding carboxylic acids is 1. The lowest BCUT2D eigenvalue weighted by Crippen LogP contribution is -2.12. The first kappa shape index (κ1) is 19.6. The number of aromatic nitrogens is 1. The number of carbonyl (C=O) groups is 1. The van der Waals surface area contributed by atoms with Crippen LogP contribution in [0.2, 0.25) is 5.02 Å². The summed E-state index contributed by atoms with van der Waals surface area (Å²) in [5.74, 6) is 0.830. The number of ether oxygens (including phenoxy) is 4. The number of aryl methyl sites for hydroxylation is 1. The summed E-state index contributed by atoms with van der Waals surface area (Å²) in [5.41, 5.74) is 1.13. The van der Waals surface area contributed by atoms with E-state index in [9.17, 15) is 4.79 Å². The van der Waals surface area contributed by atoms with Crippen LogP contribution in [0, 0.1) is 10.5 Å². The Hall–Kier alpha value is -1.74. The number of halogens is 2. The molecule has 6 nitrogen and oxygen atoms in total. The van der Waals surface area contributed by atoms with E-state index in [2.05, 4.69) is 4.98 Å². The molecular formula is C17H17ClINO5. The third kappa shape index (κ3) is 3.48. The Balaban J connectivity index is 2.79. The molecule has 0 aliphatic carbocycles. The van der Waals surface area contributed by atoms with Gasteiger partial charge in [0.15, 0.2) is 11.5 Å². The van der Waals surface area contributed by atoms with Gasteiger partial charge in [-0.1, -0.05) is 11.6 Å². The summed E-state index contributed by atoms with van der Waals surface area (Å²) in [4.78, 5) is 17.4. The van der Waals surface area contributed by atoms with E-state index in [0.29, 0.717) is 26.2 Å². The maximum atomic E-state index is 13.3. The van der Waals surface area contributed by atoms with Gasteiger partial charge in [-0.05, 0) is 41.1 Å². The van der Waals surface area contributed by atoms with E-state index in [1.165, 1.54) is 34.6 Å². The summed E-state index contributed by atoms with van der Waals surface area (Å²) >= 11 is 8.37. The first-order valence-corrected chi connectivity index (χ1v) is 8.59. The van der Waals surface area contributed by atoms with Gasteiger partial charge in [-0.15, -0.1) is 0 Å². The molecule has 0 radical (unpaired) electrons. The summed E-state index contributed by atoms with van der Waals surface area (Å²) < 4.78 is 22.0. The Labute approximate surface area is 164 Å². The zero-order valence-electron chi connectivity index (χ0n) is 14.4. The second kappa shape index (κ2) is 8.09. The van der Waals surface area contributed by atoms with Gasteiger partial charge in [0.1, 0.15) is 5.56 Å². The van der Waals surface area contributed by atoms with Crippen molar-refractivity contribution < 1.29 is 23.7 Å². The number of rotatable bonds is 6. The summed E-state index contributed by atoms with van der Waals surface area (Å²) in [6, 6.07) is 1.70. The molecule has 0 N–H and O–H groups in total. The summed E-state index contributed by atoms with van der Waals surface area (Å²) in [6.07, 6.45) is 1.54. The molecule has 0 amide bonds. The normalized spacial score (nSPS) is 10.4. The lowest BCUT2D eigenvalue weighted by Gasteiger charge is -2.18. The minimum Gasteiger partial charge on any atom is -0.493 e. The molecule has 0 aliphatic rings. The molecular weight excluding hydrogens is 461 g/mol. The Bertz CT molecular complexity index is 825. The fourth-order valence-corrected chi connectivity index (χ4v) is 3.11. The van der Waals surface area contributed by atoms with Crippen LogP contribution in [0.1, 0.15) is 21.5 Å². The Morgan fingerprint density at radius 1 is 1.04 bits per heavy atom. The highest BCUT2D eigenvalue weighted by molar-refractivity contribution is 14.1. The third-order valence-electron chi connectivity index (χ3n) is 3.61. The molecule has 134 valence electrons. The van der Waals surface area contributed by atoms with Gasteiger partial charge < -0.3 is 18.9 Å². The summed E-state index contributed by atoms with van der Waals surface area (Å²) in [7, 11) is 5.88. The largest absolute Gasteiger partial charge is 0.493 e. The maximum Gasteiger partial charge on any atom is 0.226 e. The summed E-state index contributed by atoms with van der Waals surface area (Å²) in [6.45, 7) is 1.78. The average Bonchev–Trinajstić information content (AvgIpc) is 2.61. The van der Waals surface area contributed by atoms with Gasteiger partial charge in [0.25, 0.3) is 0 Å². The van der Waals surface area contributed by atoms with E-state index in [1.54, 1.807) is 13.0 Å². The van der Waals surface area contributed by atoms with Crippen molar-refractivity contribution in [3.8, 4) is 23.1 Å². The van der Waals surface area contributed by atoms with Crippen LogP contribution in [-0.2, 0) is 0 Å². The summed E-state index contributed by atoms with van der Waals surface area (Å²) in [5, 5.41) is 0.272.